The minimum atomic E-state index is -0.840. The van der Waals surface area contributed by atoms with Crippen LogP contribution in [-0.2, 0) is 32.1 Å². The van der Waals surface area contributed by atoms with Crippen LogP contribution in [0, 0.1) is 5.92 Å². The van der Waals surface area contributed by atoms with E-state index < -0.39 is 18.2 Å². The Morgan fingerprint density at radius 3 is 2.41 bits per heavy atom. The summed E-state index contributed by atoms with van der Waals surface area (Å²) >= 11 is 0. The van der Waals surface area contributed by atoms with Gasteiger partial charge in [0.25, 0.3) is 0 Å². The Labute approximate surface area is 239 Å². The average Bonchev–Trinajstić information content (AvgIpc) is 2.97. The lowest BCUT2D eigenvalue weighted by Crippen LogP contribution is -2.57. The van der Waals surface area contributed by atoms with Gasteiger partial charge in [-0.05, 0) is 48.6 Å². The standard InChI is InChI=1S/C31H35N5O5/c1-21(2)17-27(35-31(40)41-20-23-10-5-7-14-32-23)30(39)36-16-13-26(28(37)19-36)34-29(38)18-22-9-3-4-11-24(22)25-12-6-8-15-33-25/h3-12,14-15,21,26-27H,13,16-20H2,1-2H3,(H,34,38)(H,35,40)/t26?,27-/m0/s1. The summed E-state index contributed by atoms with van der Waals surface area (Å²) in [5.41, 5.74) is 3.02. The fourth-order valence-corrected chi connectivity index (χ4v) is 4.75. The van der Waals surface area contributed by atoms with Crippen molar-refractivity contribution in [1.82, 2.24) is 25.5 Å². The van der Waals surface area contributed by atoms with Crippen molar-refractivity contribution in [1.29, 1.82) is 0 Å². The molecule has 3 heterocycles. The SMILES string of the molecule is CC(C)C[C@H](NC(=O)OCc1ccccn1)C(=O)N1CCC(NC(=O)Cc2ccccc2-c2ccccn2)C(=O)C1. The molecule has 0 aliphatic carbocycles. The molecule has 0 saturated carbocycles. The molecule has 1 aromatic carbocycles. The topological polar surface area (TPSA) is 131 Å². The highest BCUT2D eigenvalue weighted by molar-refractivity contribution is 5.95. The van der Waals surface area contributed by atoms with Gasteiger partial charge in [-0.1, -0.05) is 50.2 Å². The molecule has 10 heteroatoms. The number of hydrogen-bond donors (Lipinski definition) is 2. The lowest BCUT2D eigenvalue weighted by molar-refractivity contribution is -0.141. The third-order valence-electron chi connectivity index (χ3n) is 6.75. The third kappa shape index (κ3) is 8.44. The van der Waals surface area contributed by atoms with E-state index in [-0.39, 0.29) is 56.1 Å². The third-order valence-corrected chi connectivity index (χ3v) is 6.75. The van der Waals surface area contributed by atoms with Gasteiger partial charge in [-0.25, -0.2) is 4.79 Å². The number of carbonyl (C=O) groups excluding carboxylic acids is 4. The number of nitrogens with one attached hydrogen (secondary N) is 2. The smallest absolute Gasteiger partial charge is 0.408 e. The number of nitrogens with zero attached hydrogens (tertiary/aromatic N) is 3. The number of rotatable bonds is 10. The van der Waals surface area contributed by atoms with Crippen molar-refractivity contribution >= 4 is 23.7 Å². The molecular formula is C31H35N5O5. The molecule has 1 saturated heterocycles. The predicted octanol–water partition coefficient (Wildman–Crippen LogP) is 3.31. The molecule has 1 aliphatic heterocycles. The summed E-state index contributed by atoms with van der Waals surface area (Å²) < 4.78 is 5.24. The second-order valence-electron chi connectivity index (χ2n) is 10.4. The van der Waals surface area contributed by atoms with Crippen molar-refractivity contribution in [3.8, 4) is 11.3 Å². The van der Waals surface area contributed by atoms with Crippen LogP contribution in [0.3, 0.4) is 0 Å². The van der Waals surface area contributed by atoms with Gasteiger partial charge in [0.15, 0.2) is 5.78 Å². The minimum absolute atomic E-state index is 0.0226. The number of ketones is 1. The lowest BCUT2D eigenvalue weighted by atomic mass is 9.98. The van der Waals surface area contributed by atoms with Gasteiger partial charge in [0.05, 0.1) is 30.4 Å². The molecule has 3 amide bonds. The van der Waals surface area contributed by atoms with Crippen LogP contribution in [0.2, 0.25) is 0 Å². The van der Waals surface area contributed by atoms with Crippen LogP contribution in [0.1, 0.15) is 37.9 Å². The van der Waals surface area contributed by atoms with E-state index in [2.05, 4.69) is 20.6 Å². The minimum Gasteiger partial charge on any atom is -0.443 e. The average molecular weight is 558 g/mol. The van der Waals surface area contributed by atoms with Gasteiger partial charge in [0, 0.05) is 24.5 Å². The number of alkyl carbamates (subject to hydrolysis) is 1. The number of Topliss-reactive ketones (excluding diaryl/α,β-unsaturated/α-hetero) is 1. The van der Waals surface area contributed by atoms with Crippen molar-refractivity contribution in [3.05, 3.63) is 84.3 Å². The molecule has 214 valence electrons. The monoisotopic (exact) mass is 557 g/mol. The maximum atomic E-state index is 13.3. The summed E-state index contributed by atoms with van der Waals surface area (Å²) in [5, 5.41) is 5.49. The maximum Gasteiger partial charge on any atom is 0.408 e. The van der Waals surface area contributed by atoms with E-state index in [0.29, 0.717) is 12.1 Å². The Bertz CT molecular complexity index is 1350. The summed E-state index contributed by atoms with van der Waals surface area (Å²) in [6.07, 6.45) is 3.35. The molecule has 2 aromatic heterocycles. The molecule has 1 fully saturated rings. The van der Waals surface area contributed by atoms with Crippen LogP contribution in [-0.4, -0.2) is 63.7 Å². The molecule has 41 heavy (non-hydrogen) atoms. The second kappa shape index (κ2) is 14.2. The number of benzene rings is 1. The zero-order valence-corrected chi connectivity index (χ0v) is 23.3. The van der Waals surface area contributed by atoms with Gasteiger partial charge in [-0.3, -0.25) is 24.4 Å². The number of hydrogen-bond acceptors (Lipinski definition) is 7. The van der Waals surface area contributed by atoms with Crippen molar-refractivity contribution < 1.29 is 23.9 Å². The molecule has 3 aromatic rings. The van der Waals surface area contributed by atoms with E-state index in [0.717, 1.165) is 16.8 Å². The van der Waals surface area contributed by atoms with E-state index in [4.69, 9.17) is 4.74 Å². The summed E-state index contributed by atoms with van der Waals surface area (Å²) in [6.45, 7) is 4.00. The van der Waals surface area contributed by atoms with Crippen LogP contribution in [0.25, 0.3) is 11.3 Å². The van der Waals surface area contributed by atoms with Crippen LogP contribution in [0.5, 0.6) is 0 Å². The molecule has 2 atom stereocenters. The number of likely N-dealkylation sites (tertiary alicyclic amines) is 1. The van der Waals surface area contributed by atoms with Gasteiger partial charge in [-0.15, -0.1) is 0 Å². The van der Waals surface area contributed by atoms with E-state index in [9.17, 15) is 19.2 Å². The fraction of sp³-hybridized carbons (Fsp3) is 0.355. The molecule has 0 radical (unpaired) electrons. The number of pyridine rings is 2. The largest absolute Gasteiger partial charge is 0.443 e. The Balaban J connectivity index is 1.31. The maximum absolute atomic E-state index is 13.3. The van der Waals surface area contributed by atoms with Gasteiger partial charge >= 0.3 is 6.09 Å². The van der Waals surface area contributed by atoms with Crippen LogP contribution in [0.4, 0.5) is 4.79 Å². The van der Waals surface area contributed by atoms with Crippen molar-refractivity contribution in [2.45, 2.75) is 51.8 Å². The number of aromatic nitrogens is 2. The number of piperidine rings is 1. The predicted molar refractivity (Wildman–Crippen MR) is 152 cm³/mol. The van der Waals surface area contributed by atoms with Crippen molar-refractivity contribution in [3.63, 3.8) is 0 Å². The van der Waals surface area contributed by atoms with E-state index in [1.165, 1.54) is 4.90 Å². The first-order valence-corrected chi connectivity index (χ1v) is 13.7. The number of carbonyl (C=O) groups is 4. The Kier molecular flexibility index (Phi) is 10.1. The highest BCUT2D eigenvalue weighted by Crippen LogP contribution is 2.22. The molecular weight excluding hydrogens is 522 g/mol. The van der Waals surface area contributed by atoms with Crippen molar-refractivity contribution in [2.24, 2.45) is 5.92 Å². The molecule has 2 N–H and O–H groups in total. The first kappa shape index (κ1) is 29.4. The lowest BCUT2D eigenvalue weighted by Gasteiger charge is -2.34. The van der Waals surface area contributed by atoms with Gasteiger partial charge in [0.1, 0.15) is 12.6 Å². The second-order valence-corrected chi connectivity index (χ2v) is 10.4. The van der Waals surface area contributed by atoms with Gasteiger partial charge in [0.2, 0.25) is 11.8 Å². The summed E-state index contributed by atoms with van der Waals surface area (Å²) in [5.74, 6) is -0.768. The first-order chi connectivity index (χ1) is 19.8. The van der Waals surface area contributed by atoms with Crippen LogP contribution in [0.15, 0.2) is 73.1 Å². The zero-order chi connectivity index (χ0) is 29.2. The first-order valence-electron chi connectivity index (χ1n) is 13.7. The van der Waals surface area contributed by atoms with E-state index in [1.807, 2.05) is 56.3 Å². The van der Waals surface area contributed by atoms with Crippen LogP contribution < -0.4 is 10.6 Å². The number of ether oxygens (including phenoxy) is 1. The summed E-state index contributed by atoms with van der Waals surface area (Å²) in [4.78, 5) is 61.6. The highest BCUT2D eigenvalue weighted by atomic mass is 16.5. The fourth-order valence-electron chi connectivity index (χ4n) is 4.75. The van der Waals surface area contributed by atoms with Crippen molar-refractivity contribution in [2.75, 3.05) is 13.1 Å². The molecule has 1 aliphatic rings. The number of amides is 3. The van der Waals surface area contributed by atoms with Gasteiger partial charge in [-0.2, -0.15) is 0 Å². The van der Waals surface area contributed by atoms with E-state index >= 15 is 0 Å². The normalized spacial score (nSPS) is 15.7. The van der Waals surface area contributed by atoms with Crippen LogP contribution >= 0.6 is 0 Å². The molecule has 4 rings (SSSR count). The Hall–Kier alpha value is -4.60. The Morgan fingerprint density at radius 1 is 1.00 bits per heavy atom. The zero-order valence-electron chi connectivity index (χ0n) is 23.3. The summed E-state index contributed by atoms with van der Waals surface area (Å²) in [6, 6.07) is 16.9. The van der Waals surface area contributed by atoms with Gasteiger partial charge < -0.3 is 20.3 Å². The summed E-state index contributed by atoms with van der Waals surface area (Å²) in [7, 11) is 0. The molecule has 0 bridgehead atoms. The Morgan fingerprint density at radius 2 is 1.73 bits per heavy atom. The van der Waals surface area contributed by atoms with E-state index in [1.54, 1.807) is 30.6 Å². The quantitative estimate of drug-likeness (QED) is 0.391. The highest BCUT2D eigenvalue weighted by Gasteiger charge is 2.34. The molecule has 0 spiro atoms. The molecule has 1 unspecified atom stereocenters. The molecule has 10 nitrogen and oxygen atoms in total.